The van der Waals surface area contributed by atoms with Crippen LogP contribution in [0.3, 0.4) is 0 Å². The molecule has 0 aliphatic heterocycles. The molecule has 0 saturated heterocycles. The average molecular weight is 330 g/mol. The summed E-state index contributed by atoms with van der Waals surface area (Å²) in [6.45, 7) is 0. The number of nitrogens with two attached hydrogens (primary N) is 1. The number of carboxylic acids is 1. The lowest BCUT2D eigenvalue weighted by atomic mass is 10.1. The third-order valence-corrected chi connectivity index (χ3v) is 2.51. The minimum absolute atomic E-state index is 0.157. The van der Waals surface area contributed by atoms with E-state index in [-0.39, 0.29) is 4.47 Å². The largest absolute Gasteiger partial charge is 0.573 e. The van der Waals surface area contributed by atoms with Crippen molar-refractivity contribution >= 4 is 21.9 Å². The van der Waals surface area contributed by atoms with Crippen molar-refractivity contribution in [2.24, 2.45) is 5.73 Å². The van der Waals surface area contributed by atoms with Crippen LogP contribution in [0.2, 0.25) is 0 Å². The molecule has 0 aliphatic rings. The van der Waals surface area contributed by atoms with Gasteiger partial charge in [0, 0.05) is 5.56 Å². The summed E-state index contributed by atoms with van der Waals surface area (Å²) in [6.07, 6.45) is -4.93. The summed E-state index contributed by atoms with van der Waals surface area (Å²) in [4.78, 5) is 10.6. The van der Waals surface area contributed by atoms with E-state index in [9.17, 15) is 23.1 Å². The third-order valence-electron chi connectivity index (χ3n) is 1.90. The second kappa shape index (κ2) is 5.02. The number of phenolic OH excluding ortho intramolecular Hbond substituents is 1. The summed E-state index contributed by atoms with van der Waals surface area (Å²) >= 11 is 2.78. The molecule has 100 valence electrons. The monoisotopic (exact) mass is 329 g/mol. The Hall–Kier alpha value is -1.48. The van der Waals surface area contributed by atoms with Gasteiger partial charge < -0.3 is 20.7 Å². The molecule has 0 amide bonds. The van der Waals surface area contributed by atoms with E-state index < -0.39 is 35.4 Å². The first-order valence-corrected chi connectivity index (χ1v) is 5.17. The Morgan fingerprint density at radius 2 is 2.00 bits per heavy atom. The first-order chi connectivity index (χ1) is 8.11. The van der Waals surface area contributed by atoms with Gasteiger partial charge in [0.2, 0.25) is 0 Å². The number of aromatic hydroxyl groups is 1. The molecule has 0 spiro atoms. The number of hydrogen-bond donors (Lipinski definition) is 3. The summed E-state index contributed by atoms with van der Waals surface area (Å²) in [5.74, 6) is -2.74. The van der Waals surface area contributed by atoms with Crippen molar-refractivity contribution in [2.45, 2.75) is 12.4 Å². The number of aliphatic carboxylic acids is 1. The average Bonchev–Trinajstić information content (AvgIpc) is 2.19. The third kappa shape index (κ3) is 3.50. The van der Waals surface area contributed by atoms with Crippen molar-refractivity contribution < 1.29 is 32.9 Å². The first kappa shape index (κ1) is 14.6. The molecule has 1 atom stereocenters. The van der Waals surface area contributed by atoms with Crippen LogP contribution in [0, 0.1) is 0 Å². The molecule has 5 nitrogen and oxygen atoms in total. The van der Waals surface area contributed by atoms with E-state index >= 15 is 0 Å². The number of benzene rings is 1. The van der Waals surface area contributed by atoms with E-state index in [0.29, 0.717) is 6.07 Å². The molecule has 1 aromatic carbocycles. The second-order valence-electron chi connectivity index (χ2n) is 3.21. The van der Waals surface area contributed by atoms with Crippen molar-refractivity contribution in [3.8, 4) is 11.5 Å². The van der Waals surface area contributed by atoms with Gasteiger partial charge in [0.15, 0.2) is 0 Å². The number of alkyl halides is 3. The minimum atomic E-state index is -4.93. The van der Waals surface area contributed by atoms with Gasteiger partial charge in [0.1, 0.15) is 17.5 Å². The molecule has 0 heterocycles. The van der Waals surface area contributed by atoms with E-state index in [1.807, 2.05) is 0 Å². The van der Waals surface area contributed by atoms with Gasteiger partial charge in [0.25, 0.3) is 0 Å². The zero-order valence-electron chi connectivity index (χ0n) is 8.53. The maximum absolute atomic E-state index is 12.0. The van der Waals surface area contributed by atoms with Gasteiger partial charge in [-0.2, -0.15) is 0 Å². The summed E-state index contributed by atoms with van der Waals surface area (Å²) in [5, 5.41) is 18.2. The number of phenols is 1. The Morgan fingerprint density at radius 3 is 2.44 bits per heavy atom. The smallest absolute Gasteiger partial charge is 0.506 e. The molecular formula is C9H7BrF3NO4. The maximum atomic E-state index is 12.0. The molecule has 0 radical (unpaired) electrons. The van der Waals surface area contributed by atoms with Crippen molar-refractivity contribution in [3.05, 3.63) is 22.2 Å². The standard InChI is InChI=1S/C9H7BrF3NO4/c10-5-2-3(18-9(11,12)13)1-4(7(5)15)6(14)8(16)17/h1-2,6,15H,14H2,(H,16,17)/t6-/m0/s1. The van der Waals surface area contributed by atoms with Crippen LogP contribution < -0.4 is 10.5 Å². The predicted molar refractivity (Wildman–Crippen MR) is 57.1 cm³/mol. The van der Waals surface area contributed by atoms with E-state index in [1.54, 1.807) is 0 Å². The Balaban J connectivity index is 3.22. The lowest BCUT2D eigenvalue weighted by molar-refractivity contribution is -0.274. The summed E-state index contributed by atoms with van der Waals surface area (Å²) < 4.78 is 39.5. The van der Waals surface area contributed by atoms with Crippen molar-refractivity contribution in [1.29, 1.82) is 0 Å². The zero-order valence-corrected chi connectivity index (χ0v) is 10.1. The van der Waals surface area contributed by atoms with Gasteiger partial charge >= 0.3 is 12.3 Å². The molecule has 0 aromatic heterocycles. The SMILES string of the molecule is N[C@H](C(=O)O)c1cc(OC(F)(F)F)cc(Br)c1O. The molecule has 4 N–H and O–H groups in total. The topological polar surface area (TPSA) is 92.8 Å². The Labute approximate surface area is 107 Å². The van der Waals surface area contributed by atoms with Crippen LogP contribution in [-0.4, -0.2) is 22.5 Å². The van der Waals surface area contributed by atoms with Crippen LogP contribution in [0.4, 0.5) is 13.2 Å². The second-order valence-corrected chi connectivity index (χ2v) is 4.06. The van der Waals surface area contributed by atoms with Gasteiger partial charge in [-0.05, 0) is 28.1 Å². The van der Waals surface area contributed by atoms with Crippen LogP contribution in [0.5, 0.6) is 11.5 Å². The van der Waals surface area contributed by atoms with E-state index in [1.165, 1.54) is 0 Å². The van der Waals surface area contributed by atoms with Crippen LogP contribution in [0.15, 0.2) is 16.6 Å². The molecule has 18 heavy (non-hydrogen) atoms. The molecule has 1 rings (SSSR count). The molecule has 1 aromatic rings. The van der Waals surface area contributed by atoms with Crippen molar-refractivity contribution in [1.82, 2.24) is 0 Å². The first-order valence-electron chi connectivity index (χ1n) is 4.38. The van der Waals surface area contributed by atoms with Crippen LogP contribution in [0.1, 0.15) is 11.6 Å². The number of hydrogen-bond acceptors (Lipinski definition) is 4. The fourth-order valence-corrected chi connectivity index (χ4v) is 1.61. The highest BCUT2D eigenvalue weighted by Gasteiger charge is 2.32. The lowest BCUT2D eigenvalue weighted by Crippen LogP contribution is -2.22. The molecule has 9 heteroatoms. The summed E-state index contributed by atoms with van der Waals surface area (Å²) in [6, 6.07) is -0.106. The molecule has 0 bridgehead atoms. The number of carbonyl (C=O) groups is 1. The minimum Gasteiger partial charge on any atom is -0.506 e. The quantitative estimate of drug-likeness (QED) is 0.790. The number of rotatable bonds is 3. The fraction of sp³-hybridized carbons (Fsp3) is 0.222. The van der Waals surface area contributed by atoms with Crippen LogP contribution >= 0.6 is 15.9 Å². The van der Waals surface area contributed by atoms with Gasteiger partial charge in [-0.25, -0.2) is 0 Å². The van der Waals surface area contributed by atoms with Gasteiger partial charge in [-0.1, -0.05) is 0 Å². The number of halogens is 4. The van der Waals surface area contributed by atoms with E-state index in [2.05, 4.69) is 20.7 Å². The Morgan fingerprint density at radius 1 is 1.44 bits per heavy atom. The summed E-state index contributed by atoms with van der Waals surface area (Å²) in [7, 11) is 0. The molecule has 0 unspecified atom stereocenters. The molecule has 0 aliphatic carbocycles. The summed E-state index contributed by atoms with van der Waals surface area (Å²) in [5.41, 5.74) is 4.83. The van der Waals surface area contributed by atoms with Crippen molar-refractivity contribution in [3.63, 3.8) is 0 Å². The molecule has 0 saturated carbocycles. The Bertz CT molecular complexity index is 478. The van der Waals surface area contributed by atoms with Crippen molar-refractivity contribution in [2.75, 3.05) is 0 Å². The van der Waals surface area contributed by atoms with Gasteiger partial charge in [0.05, 0.1) is 4.47 Å². The predicted octanol–water partition coefficient (Wildman–Crippen LogP) is 2.14. The van der Waals surface area contributed by atoms with Gasteiger partial charge in [-0.3, -0.25) is 4.79 Å². The number of carboxylic acid groups (broad SMARTS) is 1. The Kier molecular flexibility index (Phi) is 4.07. The molecule has 0 fully saturated rings. The maximum Gasteiger partial charge on any atom is 0.573 e. The normalized spacial score (nSPS) is 13.2. The molecular weight excluding hydrogens is 323 g/mol. The highest BCUT2D eigenvalue weighted by molar-refractivity contribution is 9.10. The van der Waals surface area contributed by atoms with Crippen LogP contribution in [-0.2, 0) is 4.79 Å². The fourth-order valence-electron chi connectivity index (χ4n) is 1.16. The van der Waals surface area contributed by atoms with Gasteiger partial charge in [-0.15, -0.1) is 13.2 Å². The zero-order chi connectivity index (χ0) is 14.1. The van der Waals surface area contributed by atoms with Crippen LogP contribution in [0.25, 0.3) is 0 Å². The van der Waals surface area contributed by atoms with E-state index in [4.69, 9.17) is 10.8 Å². The van der Waals surface area contributed by atoms with E-state index in [0.717, 1.165) is 6.07 Å². The highest BCUT2D eigenvalue weighted by atomic mass is 79.9. The number of ether oxygens (including phenoxy) is 1. The highest BCUT2D eigenvalue weighted by Crippen LogP contribution is 2.37. The lowest BCUT2D eigenvalue weighted by Gasteiger charge is -2.14.